The average molecular weight is 248 g/mol. The van der Waals surface area contributed by atoms with Crippen LogP contribution in [0.15, 0.2) is 0 Å². The van der Waals surface area contributed by atoms with E-state index in [0.29, 0.717) is 24.2 Å². The molecular weight excluding hydrogens is 224 g/mol. The lowest BCUT2D eigenvalue weighted by atomic mass is 10.1. The number of ether oxygens (including phenoxy) is 2. The summed E-state index contributed by atoms with van der Waals surface area (Å²) in [6, 6.07) is 0.252. The maximum absolute atomic E-state index is 5.41. The van der Waals surface area contributed by atoms with Gasteiger partial charge in [-0.1, -0.05) is 13.8 Å². The normalized spacial score (nSPS) is 12.6. The van der Waals surface area contributed by atoms with E-state index in [2.05, 4.69) is 24.5 Å². The van der Waals surface area contributed by atoms with Crippen molar-refractivity contribution in [3.8, 4) is 0 Å². The second kappa shape index (κ2) is 9.81. The minimum atomic E-state index is 0.252. The smallest absolute Gasteiger partial charge is 0.166 e. The van der Waals surface area contributed by atoms with Crippen LogP contribution in [0.1, 0.15) is 20.8 Å². The summed E-state index contributed by atoms with van der Waals surface area (Å²) in [7, 11) is 1.67. The first kappa shape index (κ1) is 15.6. The van der Waals surface area contributed by atoms with Gasteiger partial charge in [0, 0.05) is 20.3 Å². The maximum Gasteiger partial charge on any atom is 0.166 e. The quantitative estimate of drug-likeness (QED) is 0.498. The summed E-state index contributed by atoms with van der Waals surface area (Å²) in [5, 5.41) is 7.00. The first-order chi connectivity index (χ1) is 7.61. The third-order valence-corrected chi connectivity index (χ3v) is 2.48. The van der Waals surface area contributed by atoms with Crippen molar-refractivity contribution in [2.24, 2.45) is 5.92 Å². The summed E-state index contributed by atoms with van der Waals surface area (Å²) in [4.78, 5) is 0. The topological polar surface area (TPSA) is 42.5 Å². The van der Waals surface area contributed by atoms with Crippen molar-refractivity contribution in [2.75, 3.05) is 33.5 Å². The van der Waals surface area contributed by atoms with Crippen molar-refractivity contribution < 1.29 is 9.47 Å². The highest BCUT2D eigenvalue weighted by Crippen LogP contribution is 2.01. The molecule has 16 heavy (non-hydrogen) atoms. The third-order valence-electron chi connectivity index (χ3n) is 2.21. The van der Waals surface area contributed by atoms with Gasteiger partial charge in [-0.2, -0.15) is 0 Å². The predicted octanol–water partition coefficient (Wildman–Crippen LogP) is 1.16. The van der Waals surface area contributed by atoms with E-state index in [-0.39, 0.29) is 6.04 Å². The van der Waals surface area contributed by atoms with Gasteiger partial charge in [0.05, 0.1) is 19.3 Å². The van der Waals surface area contributed by atoms with E-state index in [1.807, 2.05) is 6.92 Å². The predicted molar refractivity (Wildman–Crippen MR) is 70.7 cm³/mol. The SMILES string of the molecule is CCOCC(NC(=S)NCCOC)C(C)C. The zero-order valence-electron chi connectivity index (χ0n) is 10.7. The Morgan fingerprint density at radius 3 is 2.56 bits per heavy atom. The molecule has 0 aliphatic carbocycles. The van der Waals surface area contributed by atoms with Crippen molar-refractivity contribution >= 4 is 17.3 Å². The molecule has 1 unspecified atom stereocenters. The molecule has 0 saturated heterocycles. The summed E-state index contributed by atoms with van der Waals surface area (Å²) in [6.45, 7) is 9.08. The molecular formula is C11H24N2O2S. The minimum absolute atomic E-state index is 0.252. The lowest BCUT2D eigenvalue weighted by Gasteiger charge is -2.23. The molecule has 0 bridgehead atoms. The Labute approximate surface area is 104 Å². The van der Waals surface area contributed by atoms with Crippen LogP contribution in [-0.4, -0.2) is 44.6 Å². The maximum atomic E-state index is 5.41. The first-order valence-corrected chi connectivity index (χ1v) is 6.13. The van der Waals surface area contributed by atoms with Crippen LogP contribution in [0.25, 0.3) is 0 Å². The fourth-order valence-corrected chi connectivity index (χ4v) is 1.39. The van der Waals surface area contributed by atoms with Crippen LogP contribution in [-0.2, 0) is 9.47 Å². The van der Waals surface area contributed by atoms with Crippen LogP contribution >= 0.6 is 12.2 Å². The second-order valence-electron chi connectivity index (χ2n) is 3.90. The van der Waals surface area contributed by atoms with Crippen molar-refractivity contribution in [3.05, 3.63) is 0 Å². The van der Waals surface area contributed by atoms with Crippen LogP contribution in [0.4, 0.5) is 0 Å². The van der Waals surface area contributed by atoms with Crippen molar-refractivity contribution in [1.82, 2.24) is 10.6 Å². The van der Waals surface area contributed by atoms with Gasteiger partial charge in [-0.3, -0.25) is 0 Å². The van der Waals surface area contributed by atoms with Gasteiger partial charge >= 0.3 is 0 Å². The van der Waals surface area contributed by atoms with Crippen LogP contribution in [0.3, 0.4) is 0 Å². The van der Waals surface area contributed by atoms with Crippen LogP contribution in [0.5, 0.6) is 0 Å². The van der Waals surface area contributed by atoms with Gasteiger partial charge in [0.25, 0.3) is 0 Å². The standard InChI is InChI=1S/C11H24N2O2S/c1-5-15-8-10(9(2)3)13-11(16)12-6-7-14-4/h9-10H,5-8H2,1-4H3,(H2,12,13,16). The summed E-state index contributed by atoms with van der Waals surface area (Å²) < 4.78 is 10.3. The molecule has 4 nitrogen and oxygen atoms in total. The molecule has 0 aromatic heterocycles. The molecule has 0 aromatic rings. The monoisotopic (exact) mass is 248 g/mol. The van der Waals surface area contributed by atoms with Crippen molar-refractivity contribution in [2.45, 2.75) is 26.8 Å². The molecule has 0 aromatic carbocycles. The first-order valence-electron chi connectivity index (χ1n) is 5.72. The number of hydrogen-bond acceptors (Lipinski definition) is 3. The molecule has 5 heteroatoms. The zero-order chi connectivity index (χ0) is 12.4. The van der Waals surface area contributed by atoms with E-state index >= 15 is 0 Å². The fraction of sp³-hybridized carbons (Fsp3) is 0.909. The van der Waals surface area contributed by atoms with Gasteiger partial charge < -0.3 is 20.1 Å². The van der Waals surface area contributed by atoms with Gasteiger partial charge in [-0.15, -0.1) is 0 Å². The highest BCUT2D eigenvalue weighted by molar-refractivity contribution is 7.80. The van der Waals surface area contributed by atoms with Gasteiger partial charge in [-0.05, 0) is 25.1 Å². The molecule has 0 radical (unpaired) electrons. The Balaban J connectivity index is 3.83. The number of thiocarbonyl (C=S) groups is 1. The van der Waals surface area contributed by atoms with E-state index in [1.54, 1.807) is 7.11 Å². The number of hydrogen-bond donors (Lipinski definition) is 2. The lowest BCUT2D eigenvalue weighted by Crippen LogP contribution is -2.47. The van der Waals surface area contributed by atoms with Gasteiger partial charge in [0.15, 0.2) is 5.11 Å². The second-order valence-corrected chi connectivity index (χ2v) is 4.31. The van der Waals surface area contributed by atoms with E-state index in [4.69, 9.17) is 21.7 Å². The molecule has 0 fully saturated rings. The number of rotatable bonds is 8. The van der Waals surface area contributed by atoms with Crippen LogP contribution in [0.2, 0.25) is 0 Å². The molecule has 0 aliphatic rings. The Hall–Kier alpha value is -0.390. The molecule has 0 heterocycles. The Kier molecular flexibility index (Phi) is 9.57. The van der Waals surface area contributed by atoms with E-state index in [9.17, 15) is 0 Å². The summed E-state index contributed by atoms with van der Waals surface area (Å²) in [5.74, 6) is 0.480. The average Bonchev–Trinajstić information content (AvgIpc) is 2.24. The molecule has 0 saturated carbocycles. The molecule has 2 N–H and O–H groups in total. The highest BCUT2D eigenvalue weighted by Gasteiger charge is 2.13. The molecule has 1 atom stereocenters. The molecule has 0 amide bonds. The summed E-state index contributed by atoms with van der Waals surface area (Å²) >= 11 is 5.18. The molecule has 0 rings (SSSR count). The molecule has 96 valence electrons. The highest BCUT2D eigenvalue weighted by atomic mass is 32.1. The van der Waals surface area contributed by atoms with E-state index in [0.717, 1.165) is 13.2 Å². The van der Waals surface area contributed by atoms with Crippen LogP contribution in [0, 0.1) is 5.92 Å². The fourth-order valence-electron chi connectivity index (χ4n) is 1.13. The van der Waals surface area contributed by atoms with Crippen molar-refractivity contribution in [3.63, 3.8) is 0 Å². The van der Waals surface area contributed by atoms with E-state index in [1.165, 1.54) is 0 Å². The number of nitrogens with one attached hydrogen (secondary N) is 2. The zero-order valence-corrected chi connectivity index (χ0v) is 11.5. The Morgan fingerprint density at radius 2 is 2.06 bits per heavy atom. The van der Waals surface area contributed by atoms with Gasteiger partial charge in [0.2, 0.25) is 0 Å². The van der Waals surface area contributed by atoms with Crippen LogP contribution < -0.4 is 10.6 Å². The Bertz CT molecular complexity index is 189. The van der Waals surface area contributed by atoms with Gasteiger partial charge in [-0.25, -0.2) is 0 Å². The third kappa shape index (κ3) is 7.84. The Morgan fingerprint density at radius 1 is 1.38 bits per heavy atom. The van der Waals surface area contributed by atoms with Gasteiger partial charge in [0.1, 0.15) is 0 Å². The summed E-state index contributed by atoms with van der Waals surface area (Å²) in [5.41, 5.74) is 0. The number of methoxy groups -OCH3 is 1. The van der Waals surface area contributed by atoms with Crippen molar-refractivity contribution in [1.29, 1.82) is 0 Å². The molecule has 0 aliphatic heterocycles. The van der Waals surface area contributed by atoms with E-state index < -0.39 is 0 Å². The minimum Gasteiger partial charge on any atom is -0.383 e. The summed E-state index contributed by atoms with van der Waals surface area (Å²) in [6.07, 6.45) is 0. The largest absolute Gasteiger partial charge is 0.383 e. The molecule has 0 spiro atoms. The lowest BCUT2D eigenvalue weighted by molar-refractivity contribution is 0.115.